The summed E-state index contributed by atoms with van der Waals surface area (Å²) in [6, 6.07) is 10.7. The zero-order valence-corrected chi connectivity index (χ0v) is 15.1. The van der Waals surface area contributed by atoms with Crippen molar-refractivity contribution >= 4 is 9.73 Å². The Morgan fingerprint density at radius 3 is 2.65 bits per heavy atom. The summed E-state index contributed by atoms with van der Waals surface area (Å²) < 4.78 is 22.7. The van der Waals surface area contributed by atoms with E-state index in [9.17, 15) is 4.21 Å². The lowest BCUT2D eigenvalue weighted by molar-refractivity contribution is -0.114. The highest BCUT2D eigenvalue weighted by atomic mass is 32.2. The minimum Gasteiger partial charge on any atom is -0.372 e. The van der Waals surface area contributed by atoms with E-state index in [1.807, 2.05) is 0 Å². The minimum atomic E-state index is -1.96. The molecule has 0 radical (unpaired) electrons. The predicted octanol–water partition coefficient (Wildman–Crippen LogP) is 2.75. The summed E-state index contributed by atoms with van der Waals surface area (Å²) in [4.78, 5) is 2.53. The Morgan fingerprint density at radius 2 is 2.00 bits per heavy atom. The Labute approximate surface area is 140 Å². The van der Waals surface area contributed by atoms with Crippen LogP contribution in [0.2, 0.25) is 0 Å². The van der Waals surface area contributed by atoms with E-state index in [0.717, 1.165) is 39.1 Å². The third-order valence-corrected chi connectivity index (χ3v) is 7.66. The van der Waals surface area contributed by atoms with E-state index in [0.29, 0.717) is 17.4 Å². The smallest absolute Gasteiger partial charge is 0.0827 e. The highest BCUT2D eigenvalue weighted by Gasteiger charge is 2.41. The lowest BCUT2D eigenvalue weighted by Crippen LogP contribution is -2.55. The molecule has 1 spiro atoms. The van der Waals surface area contributed by atoms with E-state index >= 15 is 0 Å². The summed E-state index contributed by atoms with van der Waals surface area (Å²) in [6.07, 6.45) is 1.75. The fourth-order valence-electron chi connectivity index (χ4n) is 3.76. The van der Waals surface area contributed by atoms with Crippen LogP contribution in [-0.4, -0.2) is 59.5 Å². The molecule has 0 saturated carbocycles. The van der Waals surface area contributed by atoms with E-state index in [2.05, 4.69) is 46.5 Å². The Kier molecular flexibility index (Phi) is 5.09. The van der Waals surface area contributed by atoms with Crippen LogP contribution in [0.3, 0.4) is 0 Å². The van der Waals surface area contributed by atoms with Gasteiger partial charge >= 0.3 is 0 Å². The summed E-state index contributed by atoms with van der Waals surface area (Å²) in [5, 5.41) is 0. The number of hydrogen-bond donors (Lipinski definition) is 0. The standard InChI is InChI=1S/C18H28N2O2S/c1-16(17-6-4-3-5-7-17)14-20-10-11-22-18(15-20)8-12-23(21,19-2)13-9-18/h3-7,16H,8-15H2,1-2H3. The first-order valence-electron chi connectivity index (χ1n) is 8.56. The molecule has 2 fully saturated rings. The highest BCUT2D eigenvalue weighted by molar-refractivity contribution is 7.93. The zero-order chi connectivity index (χ0) is 16.3. The number of morpholine rings is 1. The van der Waals surface area contributed by atoms with Crippen LogP contribution < -0.4 is 0 Å². The van der Waals surface area contributed by atoms with E-state index in [-0.39, 0.29) is 5.60 Å². The van der Waals surface area contributed by atoms with E-state index in [1.165, 1.54) is 5.56 Å². The Bertz CT molecular complexity index is 624. The maximum Gasteiger partial charge on any atom is 0.0827 e. The van der Waals surface area contributed by atoms with Gasteiger partial charge in [-0.15, -0.1) is 0 Å². The van der Waals surface area contributed by atoms with Crippen molar-refractivity contribution in [3.63, 3.8) is 0 Å². The Balaban J connectivity index is 1.62. The van der Waals surface area contributed by atoms with Gasteiger partial charge in [0.2, 0.25) is 0 Å². The van der Waals surface area contributed by atoms with Gasteiger partial charge in [0.1, 0.15) is 0 Å². The fourth-order valence-corrected chi connectivity index (χ4v) is 5.71. The van der Waals surface area contributed by atoms with E-state index in [4.69, 9.17) is 4.74 Å². The molecule has 1 aromatic rings. The van der Waals surface area contributed by atoms with Gasteiger partial charge in [-0.3, -0.25) is 4.90 Å². The van der Waals surface area contributed by atoms with Gasteiger partial charge < -0.3 is 4.74 Å². The molecule has 5 heteroatoms. The molecule has 2 aliphatic heterocycles. The number of hydrogen-bond acceptors (Lipinski definition) is 4. The quantitative estimate of drug-likeness (QED) is 0.852. The van der Waals surface area contributed by atoms with Crippen molar-refractivity contribution in [3.8, 4) is 0 Å². The number of ether oxygens (including phenoxy) is 1. The van der Waals surface area contributed by atoms with Crippen LogP contribution in [0.25, 0.3) is 0 Å². The molecular weight excluding hydrogens is 308 g/mol. The predicted molar refractivity (Wildman–Crippen MR) is 95.4 cm³/mol. The molecule has 1 atom stereocenters. The molecule has 1 unspecified atom stereocenters. The third-order valence-electron chi connectivity index (χ3n) is 5.31. The Hall–Kier alpha value is -0.910. The molecular formula is C18H28N2O2S. The fraction of sp³-hybridized carbons (Fsp3) is 0.667. The second kappa shape index (κ2) is 6.91. The summed E-state index contributed by atoms with van der Waals surface area (Å²) in [5.74, 6) is 1.89. The molecule has 0 aromatic heterocycles. The van der Waals surface area contributed by atoms with Crippen molar-refractivity contribution in [1.82, 2.24) is 4.90 Å². The van der Waals surface area contributed by atoms with Crippen molar-refractivity contribution in [3.05, 3.63) is 35.9 Å². The van der Waals surface area contributed by atoms with Gasteiger partial charge in [0.15, 0.2) is 0 Å². The van der Waals surface area contributed by atoms with Gasteiger partial charge in [0, 0.05) is 47.9 Å². The number of nitrogens with zero attached hydrogens (tertiary/aromatic N) is 2. The molecule has 2 aliphatic rings. The van der Waals surface area contributed by atoms with Crippen LogP contribution in [0.15, 0.2) is 34.7 Å². The largest absolute Gasteiger partial charge is 0.372 e. The first kappa shape index (κ1) is 16.9. The Morgan fingerprint density at radius 1 is 1.30 bits per heavy atom. The van der Waals surface area contributed by atoms with Crippen molar-refractivity contribution in [1.29, 1.82) is 0 Å². The van der Waals surface area contributed by atoms with Crippen LogP contribution in [0.5, 0.6) is 0 Å². The average Bonchev–Trinajstić information content (AvgIpc) is 2.59. The van der Waals surface area contributed by atoms with Crippen molar-refractivity contribution in [2.75, 3.05) is 44.8 Å². The average molecular weight is 337 g/mol. The number of benzene rings is 1. The molecule has 0 bridgehead atoms. The SMILES string of the molecule is CN=S1(=O)CCC2(CC1)CN(CC(C)c1ccccc1)CCO2. The van der Waals surface area contributed by atoms with Gasteiger partial charge in [-0.2, -0.15) is 0 Å². The van der Waals surface area contributed by atoms with Crippen molar-refractivity contribution in [2.45, 2.75) is 31.3 Å². The van der Waals surface area contributed by atoms with Crippen LogP contribution in [0, 0.1) is 0 Å². The first-order valence-corrected chi connectivity index (χ1v) is 10.4. The summed E-state index contributed by atoms with van der Waals surface area (Å²) >= 11 is 0. The molecule has 1 aromatic carbocycles. The molecule has 0 N–H and O–H groups in total. The lowest BCUT2D eigenvalue weighted by atomic mass is 9.93. The zero-order valence-electron chi connectivity index (χ0n) is 14.2. The van der Waals surface area contributed by atoms with E-state index < -0.39 is 9.73 Å². The van der Waals surface area contributed by atoms with Gasteiger partial charge in [-0.1, -0.05) is 37.3 Å². The van der Waals surface area contributed by atoms with Gasteiger partial charge in [-0.25, -0.2) is 8.57 Å². The molecule has 2 saturated heterocycles. The third kappa shape index (κ3) is 3.95. The molecule has 23 heavy (non-hydrogen) atoms. The topological polar surface area (TPSA) is 41.9 Å². The number of rotatable bonds is 3. The van der Waals surface area contributed by atoms with Crippen LogP contribution in [0.4, 0.5) is 0 Å². The second-order valence-electron chi connectivity index (χ2n) is 6.94. The van der Waals surface area contributed by atoms with Crippen molar-refractivity contribution < 1.29 is 8.95 Å². The van der Waals surface area contributed by atoms with Gasteiger partial charge in [-0.05, 0) is 24.3 Å². The molecule has 4 nitrogen and oxygen atoms in total. The molecule has 2 heterocycles. The highest BCUT2D eigenvalue weighted by Crippen LogP contribution is 2.32. The van der Waals surface area contributed by atoms with Gasteiger partial charge in [0.25, 0.3) is 0 Å². The molecule has 0 amide bonds. The summed E-state index contributed by atoms with van der Waals surface area (Å²) in [5.41, 5.74) is 1.30. The summed E-state index contributed by atoms with van der Waals surface area (Å²) in [6.45, 7) is 6.09. The van der Waals surface area contributed by atoms with E-state index in [1.54, 1.807) is 7.05 Å². The summed E-state index contributed by atoms with van der Waals surface area (Å²) in [7, 11) is -0.270. The van der Waals surface area contributed by atoms with Crippen LogP contribution >= 0.6 is 0 Å². The first-order chi connectivity index (χ1) is 11.0. The molecule has 0 aliphatic carbocycles. The van der Waals surface area contributed by atoms with Crippen molar-refractivity contribution in [2.24, 2.45) is 4.36 Å². The van der Waals surface area contributed by atoms with Crippen LogP contribution in [0.1, 0.15) is 31.2 Å². The van der Waals surface area contributed by atoms with Gasteiger partial charge in [0.05, 0.1) is 12.2 Å². The molecule has 128 valence electrons. The maximum absolute atomic E-state index is 12.4. The maximum atomic E-state index is 12.4. The van der Waals surface area contributed by atoms with Crippen LogP contribution in [-0.2, 0) is 14.5 Å². The minimum absolute atomic E-state index is 0.0970. The normalized spacial score (nSPS) is 33.5. The lowest BCUT2D eigenvalue weighted by Gasteiger charge is -2.46. The molecule has 3 rings (SSSR count). The monoisotopic (exact) mass is 336 g/mol. The second-order valence-corrected chi connectivity index (χ2v) is 9.67.